The van der Waals surface area contributed by atoms with Gasteiger partial charge in [0, 0.05) is 37.7 Å². The Morgan fingerprint density at radius 3 is 2.41 bits per heavy atom. The van der Waals surface area contributed by atoms with Gasteiger partial charge in [0.1, 0.15) is 18.1 Å². The van der Waals surface area contributed by atoms with E-state index in [1.807, 2.05) is 24.3 Å². The van der Waals surface area contributed by atoms with Crippen LogP contribution in [0, 0.1) is 5.92 Å². The van der Waals surface area contributed by atoms with Crippen LogP contribution < -0.4 is 10.1 Å². The summed E-state index contributed by atoms with van der Waals surface area (Å²) in [5.41, 5.74) is 4.82. The summed E-state index contributed by atoms with van der Waals surface area (Å²) < 4.78 is 52.5. The van der Waals surface area contributed by atoms with Crippen LogP contribution >= 0.6 is 0 Å². The number of carbonyl (C=O) groups is 1. The van der Waals surface area contributed by atoms with Crippen LogP contribution in [0.4, 0.5) is 13.2 Å². The summed E-state index contributed by atoms with van der Waals surface area (Å²) in [5.74, 6) is 0.922. The van der Waals surface area contributed by atoms with E-state index in [1.165, 1.54) is 17.7 Å². The molecule has 0 radical (unpaired) electrons. The molecule has 3 atom stereocenters. The molecule has 5 rings (SSSR count). The molecule has 44 heavy (non-hydrogen) atoms. The van der Waals surface area contributed by atoms with Crippen molar-refractivity contribution in [2.45, 2.75) is 70.4 Å². The Kier molecular flexibility index (Phi) is 10.2. The molecule has 0 spiro atoms. The smallest absolute Gasteiger partial charge is 0.491 e. The normalized spacial score (nSPS) is 23.7. The van der Waals surface area contributed by atoms with Gasteiger partial charge in [0.2, 0.25) is 5.91 Å². The maximum atomic E-state index is 13.1. The monoisotopic (exact) mass is 610 g/mol. The molecule has 2 bridgehead atoms. The van der Waals surface area contributed by atoms with E-state index < -0.39 is 6.36 Å². The lowest BCUT2D eigenvalue weighted by Crippen LogP contribution is -2.51. The van der Waals surface area contributed by atoms with E-state index in [1.54, 1.807) is 19.2 Å². The molecule has 2 aliphatic heterocycles. The lowest BCUT2D eigenvalue weighted by Gasteiger charge is -2.40. The van der Waals surface area contributed by atoms with Crippen LogP contribution in [0.15, 0.2) is 83.7 Å². The Labute approximate surface area is 257 Å². The maximum Gasteiger partial charge on any atom is 0.573 e. The first-order valence-electron chi connectivity index (χ1n) is 15.3. The average Bonchev–Trinajstić information content (AvgIpc) is 3.12. The van der Waals surface area contributed by atoms with E-state index in [9.17, 15) is 18.0 Å². The van der Waals surface area contributed by atoms with Crippen molar-refractivity contribution in [1.82, 2.24) is 10.2 Å². The summed E-state index contributed by atoms with van der Waals surface area (Å²) >= 11 is 0. The van der Waals surface area contributed by atoms with Crippen molar-refractivity contribution < 1.29 is 32.2 Å². The van der Waals surface area contributed by atoms with Crippen LogP contribution in [0.2, 0.25) is 0 Å². The summed E-state index contributed by atoms with van der Waals surface area (Å²) in [4.78, 5) is 15.7. The number of fused-ring (bicyclic) bond motifs is 2. The molecule has 2 saturated heterocycles. The number of carbonyl (C=O) groups excluding carboxylic acids is 1. The van der Waals surface area contributed by atoms with Gasteiger partial charge in [-0.3, -0.25) is 9.69 Å². The van der Waals surface area contributed by atoms with E-state index in [0.29, 0.717) is 31.2 Å². The lowest BCUT2D eigenvalue weighted by atomic mass is 9.94. The van der Waals surface area contributed by atoms with Crippen LogP contribution in [0.3, 0.4) is 0 Å². The fraction of sp³-hybridized carbons (Fsp3) is 0.457. The number of hydrogen-bond donors (Lipinski definition) is 1. The van der Waals surface area contributed by atoms with Crippen LogP contribution in [0.1, 0.15) is 45.1 Å². The lowest BCUT2D eigenvalue weighted by molar-refractivity contribution is -0.274. The Morgan fingerprint density at radius 1 is 1.00 bits per heavy atom. The number of allylic oxidation sites excluding steroid dienone is 3. The highest BCUT2D eigenvalue weighted by Crippen LogP contribution is 2.37. The third-order valence-electron chi connectivity index (χ3n) is 8.85. The highest BCUT2D eigenvalue weighted by molar-refractivity contribution is 5.79. The van der Waals surface area contributed by atoms with Gasteiger partial charge in [-0.1, -0.05) is 48.6 Å². The number of ether oxygens (including phenoxy) is 3. The van der Waals surface area contributed by atoms with E-state index in [2.05, 4.69) is 47.0 Å². The Morgan fingerprint density at radius 2 is 1.73 bits per heavy atom. The highest BCUT2D eigenvalue weighted by atomic mass is 19.4. The van der Waals surface area contributed by atoms with E-state index in [0.717, 1.165) is 60.3 Å². The fourth-order valence-corrected chi connectivity index (χ4v) is 6.64. The molecule has 1 amide bonds. The number of halogens is 3. The minimum Gasteiger partial charge on any atom is -0.491 e. The summed E-state index contributed by atoms with van der Waals surface area (Å²) in [6.45, 7) is 6.28. The SMILES string of the molecule is COCCOC1=C(C)C(C)=CC(CN2C3CCC2CC(NC(=O)Cc2cccc(-c4ccc(OC(F)(F)F)cc4)c2)C3)C=C1. The number of alkyl halides is 3. The van der Waals surface area contributed by atoms with Crippen molar-refractivity contribution in [2.75, 3.05) is 26.9 Å². The molecule has 2 aromatic rings. The van der Waals surface area contributed by atoms with Gasteiger partial charge >= 0.3 is 6.36 Å². The molecular weight excluding hydrogens is 569 g/mol. The van der Waals surface area contributed by atoms with Gasteiger partial charge in [-0.2, -0.15) is 0 Å². The number of benzene rings is 2. The second-order valence-electron chi connectivity index (χ2n) is 12.0. The van der Waals surface area contributed by atoms with Gasteiger partial charge in [0.15, 0.2) is 0 Å². The van der Waals surface area contributed by atoms with E-state index in [-0.39, 0.29) is 24.1 Å². The zero-order chi connectivity index (χ0) is 31.3. The summed E-state index contributed by atoms with van der Waals surface area (Å²) in [6, 6.07) is 14.3. The molecule has 3 aliphatic rings. The number of piperidine rings is 1. The van der Waals surface area contributed by atoms with Crippen LogP contribution in [0.25, 0.3) is 11.1 Å². The zero-order valence-electron chi connectivity index (χ0n) is 25.5. The topological polar surface area (TPSA) is 60.0 Å². The molecule has 236 valence electrons. The molecule has 2 heterocycles. The van der Waals surface area contributed by atoms with Gasteiger partial charge in [-0.05, 0) is 85.6 Å². The van der Waals surface area contributed by atoms with Gasteiger partial charge in [-0.25, -0.2) is 0 Å². The highest BCUT2D eigenvalue weighted by Gasteiger charge is 2.41. The fourth-order valence-electron chi connectivity index (χ4n) is 6.64. The molecular formula is C35H41F3N2O4. The van der Waals surface area contributed by atoms with Gasteiger partial charge < -0.3 is 19.5 Å². The van der Waals surface area contributed by atoms with Crippen LogP contribution in [-0.4, -0.2) is 62.2 Å². The van der Waals surface area contributed by atoms with Gasteiger partial charge in [0.05, 0.1) is 13.0 Å². The molecule has 1 N–H and O–H groups in total. The van der Waals surface area contributed by atoms with Crippen molar-refractivity contribution >= 4 is 5.91 Å². The van der Waals surface area contributed by atoms with Crippen LogP contribution in [0.5, 0.6) is 5.75 Å². The van der Waals surface area contributed by atoms with E-state index in [4.69, 9.17) is 9.47 Å². The Hall–Kier alpha value is -3.56. The van der Waals surface area contributed by atoms with Crippen molar-refractivity contribution in [2.24, 2.45) is 5.92 Å². The van der Waals surface area contributed by atoms with Crippen molar-refractivity contribution in [3.05, 3.63) is 89.2 Å². The second-order valence-corrected chi connectivity index (χ2v) is 12.0. The van der Waals surface area contributed by atoms with Crippen molar-refractivity contribution in [3.8, 4) is 16.9 Å². The van der Waals surface area contributed by atoms with Crippen LogP contribution in [-0.2, 0) is 20.7 Å². The summed E-state index contributed by atoms with van der Waals surface area (Å²) in [5, 5.41) is 3.29. The molecule has 2 aromatic carbocycles. The molecule has 0 saturated carbocycles. The largest absolute Gasteiger partial charge is 0.573 e. The first kappa shape index (κ1) is 31.9. The number of rotatable bonds is 11. The Bertz CT molecular complexity index is 1390. The van der Waals surface area contributed by atoms with Crippen molar-refractivity contribution in [3.63, 3.8) is 0 Å². The van der Waals surface area contributed by atoms with Gasteiger partial charge in [-0.15, -0.1) is 13.2 Å². The third-order valence-corrected chi connectivity index (χ3v) is 8.85. The third kappa shape index (κ3) is 8.33. The number of hydrogen-bond acceptors (Lipinski definition) is 5. The molecule has 6 nitrogen and oxygen atoms in total. The summed E-state index contributed by atoms with van der Waals surface area (Å²) in [6.07, 6.45) is 6.38. The number of nitrogens with zero attached hydrogens (tertiary/aromatic N) is 1. The standard InChI is InChI=1S/C35H41F3N2O4/c1-23-17-26(7-14-33(24(23)2)43-16-15-42-3)22-40-30-10-11-31(40)21-29(20-30)39-34(41)19-25-5-4-6-28(18-25)27-8-12-32(13-9-27)44-35(36,37)38/h4-9,12-14,17-18,26,29-31H,10-11,15-16,19-22H2,1-3H3,(H,39,41). The molecule has 3 unspecified atom stereocenters. The Balaban J connectivity index is 1.14. The zero-order valence-corrected chi connectivity index (χ0v) is 25.5. The number of nitrogens with one attached hydrogen (secondary N) is 1. The first-order chi connectivity index (χ1) is 21.1. The predicted octanol–water partition coefficient (Wildman–Crippen LogP) is 6.98. The summed E-state index contributed by atoms with van der Waals surface area (Å²) in [7, 11) is 1.67. The van der Waals surface area contributed by atoms with E-state index >= 15 is 0 Å². The first-order valence-corrected chi connectivity index (χ1v) is 15.3. The van der Waals surface area contributed by atoms with Crippen molar-refractivity contribution in [1.29, 1.82) is 0 Å². The number of amides is 1. The molecule has 0 aromatic heterocycles. The quantitative estimate of drug-likeness (QED) is 0.279. The molecule has 9 heteroatoms. The molecule has 1 aliphatic carbocycles. The molecule has 2 fully saturated rings. The average molecular weight is 611 g/mol. The number of methoxy groups -OCH3 is 1. The second kappa shape index (κ2) is 14.0. The minimum absolute atomic E-state index is 0.0123. The predicted molar refractivity (Wildman–Crippen MR) is 164 cm³/mol. The van der Waals surface area contributed by atoms with Gasteiger partial charge in [0.25, 0.3) is 0 Å². The maximum absolute atomic E-state index is 13.1. The minimum atomic E-state index is -4.73.